The van der Waals surface area contributed by atoms with Crippen LogP contribution in [0.4, 0.5) is 17.3 Å². The van der Waals surface area contributed by atoms with Gasteiger partial charge in [-0.1, -0.05) is 13.8 Å². The first-order chi connectivity index (χ1) is 10.0. The van der Waals surface area contributed by atoms with Crippen LogP contribution in [0.1, 0.15) is 27.2 Å². The molecule has 0 atom stereocenters. The normalized spacial score (nSPS) is 10.9. The molecule has 21 heavy (non-hydrogen) atoms. The van der Waals surface area contributed by atoms with Crippen LogP contribution in [0.5, 0.6) is 0 Å². The fraction of sp³-hybridized carbons (Fsp3) is 0.692. The first-order valence-electron chi connectivity index (χ1n) is 7.27. The highest BCUT2D eigenvalue weighted by Gasteiger charge is 2.24. The highest BCUT2D eigenvalue weighted by atomic mass is 16.6. The third-order valence-electron chi connectivity index (χ3n) is 3.49. The maximum absolute atomic E-state index is 11.1. The van der Waals surface area contributed by atoms with E-state index in [2.05, 4.69) is 28.7 Å². The Bertz CT molecular complexity index is 464. The fourth-order valence-corrected chi connectivity index (χ4v) is 2.23. The maximum Gasteiger partial charge on any atom is 0.353 e. The van der Waals surface area contributed by atoms with Crippen molar-refractivity contribution in [3.05, 3.63) is 16.4 Å². The molecule has 0 spiro atoms. The van der Waals surface area contributed by atoms with Crippen LogP contribution in [0, 0.1) is 10.1 Å². The molecule has 1 heterocycles. The highest BCUT2D eigenvalue weighted by Crippen LogP contribution is 2.29. The van der Waals surface area contributed by atoms with Crippen molar-refractivity contribution in [1.29, 1.82) is 0 Å². The number of hydrogen-bond donors (Lipinski definition) is 1. The van der Waals surface area contributed by atoms with Gasteiger partial charge in [0.05, 0.1) is 4.92 Å². The van der Waals surface area contributed by atoms with E-state index >= 15 is 0 Å². The van der Waals surface area contributed by atoms with Gasteiger partial charge in [-0.2, -0.15) is 0 Å². The van der Waals surface area contributed by atoms with Gasteiger partial charge in [-0.25, -0.2) is 9.97 Å². The number of nitrogens with two attached hydrogens (primary N) is 1. The number of rotatable bonds is 9. The first kappa shape index (κ1) is 17.1. The van der Waals surface area contributed by atoms with Crippen LogP contribution in [0.25, 0.3) is 0 Å². The minimum absolute atomic E-state index is 0.0906. The van der Waals surface area contributed by atoms with Crippen molar-refractivity contribution in [1.82, 2.24) is 14.9 Å². The summed E-state index contributed by atoms with van der Waals surface area (Å²) in [5.41, 5.74) is 5.40. The minimum atomic E-state index is -0.516. The van der Waals surface area contributed by atoms with Crippen molar-refractivity contribution >= 4 is 17.3 Å². The predicted molar refractivity (Wildman–Crippen MR) is 83.4 cm³/mol. The van der Waals surface area contributed by atoms with Gasteiger partial charge in [-0.3, -0.25) is 10.1 Å². The molecular weight excluding hydrogens is 272 g/mol. The smallest absolute Gasteiger partial charge is 0.353 e. The van der Waals surface area contributed by atoms with Crippen molar-refractivity contribution in [3.8, 4) is 0 Å². The Morgan fingerprint density at radius 3 is 2.38 bits per heavy atom. The van der Waals surface area contributed by atoms with Gasteiger partial charge in [0, 0.05) is 13.1 Å². The molecule has 1 aromatic heterocycles. The third-order valence-corrected chi connectivity index (χ3v) is 3.49. The Balaban J connectivity index is 2.81. The second-order valence-corrected chi connectivity index (χ2v) is 4.65. The topological polar surface area (TPSA) is 101 Å². The second kappa shape index (κ2) is 8.35. The van der Waals surface area contributed by atoms with Crippen LogP contribution in [-0.2, 0) is 0 Å². The molecule has 8 heteroatoms. The summed E-state index contributed by atoms with van der Waals surface area (Å²) in [6.07, 6.45) is 2.18. The number of nitrogens with zero attached hydrogens (tertiary/aromatic N) is 5. The van der Waals surface area contributed by atoms with Gasteiger partial charge in [0.25, 0.3) is 0 Å². The number of anilines is 2. The zero-order valence-electron chi connectivity index (χ0n) is 12.9. The summed E-state index contributed by atoms with van der Waals surface area (Å²) < 4.78 is 0. The molecule has 0 bridgehead atoms. The quantitative estimate of drug-likeness (QED) is 0.544. The molecule has 2 N–H and O–H groups in total. The minimum Gasteiger partial charge on any atom is -0.378 e. The standard InChI is InChI=1S/C13H24N6O2/c1-4-17(5-2)8-7-9-18(6-3)13-11(19(20)21)12(14)15-10-16-13/h10H,4-9H2,1-3H3,(H2,14,15,16). The number of nitro groups is 1. The van der Waals surface area contributed by atoms with Crippen molar-refractivity contribution in [3.63, 3.8) is 0 Å². The summed E-state index contributed by atoms with van der Waals surface area (Å²) >= 11 is 0. The summed E-state index contributed by atoms with van der Waals surface area (Å²) in [7, 11) is 0. The third kappa shape index (κ3) is 4.52. The second-order valence-electron chi connectivity index (χ2n) is 4.65. The van der Waals surface area contributed by atoms with E-state index in [1.54, 1.807) is 0 Å². The number of aromatic nitrogens is 2. The zero-order chi connectivity index (χ0) is 15.8. The lowest BCUT2D eigenvalue weighted by atomic mass is 10.3. The highest BCUT2D eigenvalue weighted by molar-refractivity contribution is 5.68. The lowest BCUT2D eigenvalue weighted by Gasteiger charge is -2.24. The Morgan fingerprint density at radius 1 is 1.19 bits per heavy atom. The van der Waals surface area contributed by atoms with Crippen LogP contribution >= 0.6 is 0 Å². The molecule has 0 aromatic carbocycles. The zero-order valence-corrected chi connectivity index (χ0v) is 12.9. The average molecular weight is 296 g/mol. The molecule has 0 aliphatic rings. The van der Waals surface area contributed by atoms with E-state index < -0.39 is 4.92 Å². The number of hydrogen-bond acceptors (Lipinski definition) is 7. The molecule has 0 aliphatic carbocycles. The Labute approximate surface area is 125 Å². The van der Waals surface area contributed by atoms with E-state index in [1.165, 1.54) is 6.33 Å². The SMILES string of the molecule is CCN(CC)CCCN(CC)c1ncnc(N)c1[N+](=O)[O-]. The van der Waals surface area contributed by atoms with E-state index in [-0.39, 0.29) is 11.5 Å². The Morgan fingerprint density at radius 2 is 1.86 bits per heavy atom. The van der Waals surface area contributed by atoms with Gasteiger partial charge in [-0.15, -0.1) is 0 Å². The molecule has 0 saturated heterocycles. The molecule has 1 rings (SSSR count). The molecule has 8 nitrogen and oxygen atoms in total. The fourth-order valence-electron chi connectivity index (χ4n) is 2.23. The van der Waals surface area contributed by atoms with E-state index in [4.69, 9.17) is 5.73 Å². The predicted octanol–water partition coefficient (Wildman–Crippen LogP) is 1.53. The lowest BCUT2D eigenvalue weighted by molar-refractivity contribution is -0.383. The van der Waals surface area contributed by atoms with Crippen LogP contribution < -0.4 is 10.6 Å². The van der Waals surface area contributed by atoms with Gasteiger partial charge < -0.3 is 15.5 Å². The molecule has 0 amide bonds. The molecule has 0 fully saturated rings. The van der Waals surface area contributed by atoms with Gasteiger partial charge in [0.15, 0.2) is 0 Å². The Hall–Kier alpha value is -1.96. The number of nitrogen functional groups attached to an aromatic ring is 1. The van der Waals surface area contributed by atoms with Crippen molar-refractivity contribution in [2.24, 2.45) is 0 Å². The first-order valence-corrected chi connectivity index (χ1v) is 7.27. The summed E-state index contributed by atoms with van der Waals surface area (Å²) in [5, 5.41) is 11.1. The molecular formula is C13H24N6O2. The van der Waals surface area contributed by atoms with Crippen LogP contribution in [0.2, 0.25) is 0 Å². The maximum atomic E-state index is 11.1. The van der Waals surface area contributed by atoms with E-state index in [0.29, 0.717) is 18.9 Å². The van der Waals surface area contributed by atoms with Crippen molar-refractivity contribution in [2.45, 2.75) is 27.2 Å². The van der Waals surface area contributed by atoms with Gasteiger partial charge in [0.2, 0.25) is 11.6 Å². The molecule has 0 aliphatic heterocycles. The molecule has 1 aromatic rings. The Kier molecular flexibility index (Phi) is 6.80. The average Bonchev–Trinajstić information content (AvgIpc) is 2.47. The van der Waals surface area contributed by atoms with E-state index in [1.807, 2.05) is 11.8 Å². The monoisotopic (exact) mass is 296 g/mol. The summed E-state index contributed by atoms with van der Waals surface area (Å²) in [6, 6.07) is 0. The summed E-state index contributed by atoms with van der Waals surface area (Å²) in [6.45, 7) is 10.5. The van der Waals surface area contributed by atoms with Crippen molar-refractivity contribution in [2.75, 3.05) is 43.4 Å². The molecule has 118 valence electrons. The van der Waals surface area contributed by atoms with Gasteiger partial charge in [-0.05, 0) is 33.0 Å². The largest absolute Gasteiger partial charge is 0.378 e. The summed E-state index contributed by atoms with van der Waals surface area (Å²) in [4.78, 5) is 22.6. The van der Waals surface area contributed by atoms with Gasteiger partial charge >= 0.3 is 5.69 Å². The molecule has 0 saturated carbocycles. The molecule has 0 radical (unpaired) electrons. The van der Waals surface area contributed by atoms with Crippen molar-refractivity contribution < 1.29 is 4.92 Å². The van der Waals surface area contributed by atoms with E-state index in [0.717, 1.165) is 26.1 Å². The van der Waals surface area contributed by atoms with Crippen LogP contribution in [-0.4, -0.2) is 52.5 Å². The van der Waals surface area contributed by atoms with Crippen LogP contribution in [0.3, 0.4) is 0 Å². The van der Waals surface area contributed by atoms with E-state index in [9.17, 15) is 10.1 Å². The van der Waals surface area contributed by atoms with Gasteiger partial charge in [0.1, 0.15) is 6.33 Å². The molecule has 0 unspecified atom stereocenters. The lowest BCUT2D eigenvalue weighted by Crippen LogP contribution is -2.31. The van der Waals surface area contributed by atoms with Crippen LogP contribution in [0.15, 0.2) is 6.33 Å². The summed E-state index contributed by atoms with van der Waals surface area (Å²) in [5.74, 6) is 0.210.